The number of nitrogens with zero attached hydrogens (tertiary/aromatic N) is 1. The maximum Gasteiger partial charge on any atom is 0.254 e. The normalized spacial score (nSPS) is 23.4. The number of hydrogen-bond donors (Lipinski definition) is 1. The molecule has 2 aliphatic heterocycles. The fraction of sp³-hybridized carbons (Fsp3) is 0.647. The van der Waals surface area contributed by atoms with E-state index in [1.54, 1.807) is 0 Å². The molecule has 3 rings (SSSR count). The summed E-state index contributed by atoms with van der Waals surface area (Å²) in [7, 11) is 0. The van der Waals surface area contributed by atoms with E-state index >= 15 is 0 Å². The summed E-state index contributed by atoms with van der Waals surface area (Å²) < 4.78 is 5.50. The van der Waals surface area contributed by atoms with Gasteiger partial charge in [0.05, 0.1) is 11.5 Å². The molecule has 2 amide bonds. The van der Waals surface area contributed by atoms with Crippen molar-refractivity contribution in [3.63, 3.8) is 0 Å². The van der Waals surface area contributed by atoms with E-state index in [1.165, 1.54) is 11.3 Å². The zero-order chi connectivity index (χ0) is 16.4. The highest BCUT2D eigenvalue weighted by atomic mass is 32.1. The predicted octanol–water partition coefficient (Wildman–Crippen LogP) is 2.14. The maximum absolute atomic E-state index is 12.7. The van der Waals surface area contributed by atoms with E-state index in [2.05, 4.69) is 5.32 Å². The molecule has 2 aliphatic rings. The SMILES string of the molecule is CC(C)NC(=O)[C@H]1CN(C(=O)c2ccsc2)CC12CCOCC2. The molecule has 0 radical (unpaired) electrons. The number of rotatable bonds is 3. The summed E-state index contributed by atoms with van der Waals surface area (Å²) in [5, 5.41) is 6.82. The number of thiophene rings is 1. The first-order valence-corrected chi connectivity index (χ1v) is 9.16. The van der Waals surface area contributed by atoms with Crippen molar-refractivity contribution < 1.29 is 14.3 Å². The van der Waals surface area contributed by atoms with Crippen LogP contribution in [0.1, 0.15) is 37.0 Å². The van der Waals surface area contributed by atoms with Gasteiger partial charge in [-0.15, -0.1) is 0 Å². The third-order valence-electron chi connectivity index (χ3n) is 4.94. The summed E-state index contributed by atoms with van der Waals surface area (Å²) in [6.07, 6.45) is 1.69. The number of likely N-dealkylation sites (tertiary alicyclic amines) is 1. The third kappa shape index (κ3) is 3.28. The zero-order valence-electron chi connectivity index (χ0n) is 13.7. The van der Waals surface area contributed by atoms with E-state index in [-0.39, 0.29) is 29.2 Å². The molecule has 1 N–H and O–H groups in total. The van der Waals surface area contributed by atoms with E-state index in [9.17, 15) is 9.59 Å². The smallest absolute Gasteiger partial charge is 0.254 e. The van der Waals surface area contributed by atoms with Crippen molar-refractivity contribution in [2.75, 3.05) is 26.3 Å². The highest BCUT2D eigenvalue weighted by Gasteiger charge is 2.51. The van der Waals surface area contributed by atoms with Crippen LogP contribution >= 0.6 is 11.3 Å². The Kier molecular flexibility index (Phi) is 4.73. The van der Waals surface area contributed by atoms with Crippen molar-refractivity contribution in [2.45, 2.75) is 32.7 Å². The molecule has 1 aromatic rings. The minimum atomic E-state index is -0.142. The first kappa shape index (κ1) is 16.5. The van der Waals surface area contributed by atoms with Gasteiger partial charge in [-0.25, -0.2) is 0 Å². The van der Waals surface area contributed by atoms with Gasteiger partial charge >= 0.3 is 0 Å². The van der Waals surface area contributed by atoms with Crippen LogP contribution in [0.3, 0.4) is 0 Å². The Labute approximate surface area is 141 Å². The maximum atomic E-state index is 12.7. The Morgan fingerprint density at radius 3 is 2.74 bits per heavy atom. The van der Waals surface area contributed by atoms with Gasteiger partial charge in [-0.3, -0.25) is 9.59 Å². The highest BCUT2D eigenvalue weighted by molar-refractivity contribution is 7.08. The van der Waals surface area contributed by atoms with Crippen LogP contribution in [0.5, 0.6) is 0 Å². The van der Waals surface area contributed by atoms with Crippen molar-refractivity contribution in [1.82, 2.24) is 10.2 Å². The fourth-order valence-corrected chi connectivity index (χ4v) is 4.35. The lowest BCUT2D eigenvalue weighted by atomic mass is 9.71. The number of carbonyl (C=O) groups is 2. The average molecular weight is 336 g/mol. The second-order valence-electron chi connectivity index (χ2n) is 6.89. The Bertz CT molecular complexity index is 564. The molecule has 1 spiro atoms. The van der Waals surface area contributed by atoms with Crippen LogP contribution < -0.4 is 5.32 Å². The molecule has 0 aliphatic carbocycles. The summed E-state index contributed by atoms with van der Waals surface area (Å²) in [5.74, 6) is -0.0316. The minimum Gasteiger partial charge on any atom is -0.381 e. The Morgan fingerprint density at radius 2 is 2.13 bits per heavy atom. The van der Waals surface area contributed by atoms with Gasteiger partial charge < -0.3 is 15.0 Å². The van der Waals surface area contributed by atoms with Crippen LogP contribution in [0.25, 0.3) is 0 Å². The van der Waals surface area contributed by atoms with Crippen molar-refractivity contribution in [3.05, 3.63) is 22.4 Å². The van der Waals surface area contributed by atoms with Gasteiger partial charge in [0.1, 0.15) is 0 Å². The fourth-order valence-electron chi connectivity index (χ4n) is 3.72. The average Bonchev–Trinajstić information content (AvgIpc) is 3.15. The second-order valence-corrected chi connectivity index (χ2v) is 7.67. The van der Waals surface area contributed by atoms with Crippen LogP contribution in [0.4, 0.5) is 0 Å². The van der Waals surface area contributed by atoms with E-state index in [4.69, 9.17) is 4.74 Å². The largest absolute Gasteiger partial charge is 0.381 e. The van der Waals surface area contributed by atoms with Gasteiger partial charge in [-0.1, -0.05) is 0 Å². The molecule has 2 fully saturated rings. The van der Waals surface area contributed by atoms with E-state index < -0.39 is 0 Å². The summed E-state index contributed by atoms with van der Waals surface area (Å²) >= 11 is 1.52. The number of hydrogen-bond acceptors (Lipinski definition) is 4. The van der Waals surface area contributed by atoms with Gasteiger partial charge in [0.2, 0.25) is 5.91 Å². The summed E-state index contributed by atoms with van der Waals surface area (Å²) in [6.45, 7) is 6.45. The van der Waals surface area contributed by atoms with Crippen LogP contribution in [0.15, 0.2) is 16.8 Å². The van der Waals surface area contributed by atoms with Gasteiger partial charge in [-0.2, -0.15) is 11.3 Å². The Balaban J connectivity index is 1.81. The molecule has 3 heterocycles. The number of carbonyl (C=O) groups excluding carboxylic acids is 2. The monoisotopic (exact) mass is 336 g/mol. The molecule has 126 valence electrons. The molecule has 0 saturated carbocycles. The van der Waals surface area contributed by atoms with Crippen LogP contribution in [0.2, 0.25) is 0 Å². The number of amides is 2. The molecule has 1 aromatic heterocycles. The Morgan fingerprint density at radius 1 is 1.39 bits per heavy atom. The summed E-state index contributed by atoms with van der Waals surface area (Å²) in [4.78, 5) is 27.2. The molecular weight excluding hydrogens is 312 g/mol. The van der Waals surface area contributed by atoms with Crippen LogP contribution in [-0.4, -0.2) is 49.1 Å². The van der Waals surface area contributed by atoms with Crippen molar-refractivity contribution in [1.29, 1.82) is 0 Å². The van der Waals surface area contributed by atoms with Crippen molar-refractivity contribution in [3.8, 4) is 0 Å². The van der Waals surface area contributed by atoms with Gasteiger partial charge in [-0.05, 0) is 38.1 Å². The molecule has 1 atom stereocenters. The zero-order valence-corrected chi connectivity index (χ0v) is 14.5. The van der Waals surface area contributed by atoms with Crippen LogP contribution in [0, 0.1) is 11.3 Å². The molecule has 0 aromatic carbocycles. The molecule has 6 heteroatoms. The van der Waals surface area contributed by atoms with Gasteiger partial charge in [0.25, 0.3) is 5.91 Å². The lowest BCUT2D eigenvalue weighted by Gasteiger charge is -2.37. The predicted molar refractivity (Wildman–Crippen MR) is 89.5 cm³/mol. The van der Waals surface area contributed by atoms with Gasteiger partial charge in [0, 0.05) is 43.1 Å². The third-order valence-corrected chi connectivity index (χ3v) is 5.62. The van der Waals surface area contributed by atoms with Crippen molar-refractivity contribution >= 4 is 23.2 Å². The molecule has 5 nitrogen and oxygen atoms in total. The summed E-state index contributed by atoms with van der Waals surface area (Å²) in [6, 6.07) is 1.96. The quantitative estimate of drug-likeness (QED) is 0.920. The first-order valence-electron chi connectivity index (χ1n) is 8.21. The van der Waals surface area contributed by atoms with E-state index in [0.29, 0.717) is 26.3 Å². The standard InChI is InChI=1S/C17H24N2O3S/c1-12(2)18-15(20)14-9-19(16(21)13-3-8-23-10-13)11-17(14)4-6-22-7-5-17/h3,8,10,12,14H,4-7,9,11H2,1-2H3,(H,18,20)/t14-/m1/s1. The Hall–Kier alpha value is -1.40. The minimum absolute atomic E-state index is 0.0389. The van der Waals surface area contributed by atoms with E-state index in [0.717, 1.165) is 18.4 Å². The molecular formula is C17H24N2O3S. The molecule has 23 heavy (non-hydrogen) atoms. The lowest BCUT2D eigenvalue weighted by Crippen LogP contribution is -2.46. The highest BCUT2D eigenvalue weighted by Crippen LogP contribution is 2.44. The molecule has 2 saturated heterocycles. The molecule has 0 bridgehead atoms. The first-order chi connectivity index (χ1) is 11.0. The van der Waals surface area contributed by atoms with Gasteiger partial charge in [0.15, 0.2) is 0 Å². The van der Waals surface area contributed by atoms with Crippen LogP contribution in [-0.2, 0) is 9.53 Å². The number of ether oxygens (including phenoxy) is 1. The topological polar surface area (TPSA) is 58.6 Å². The summed E-state index contributed by atoms with van der Waals surface area (Å²) in [5.41, 5.74) is 0.588. The number of nitrogens with one attached hydrogen (secondary N) is 1. The van der Waals surface area contributed by atoms with E-state index in [1.807, 2.05) is 35.6 Å². The molecule has 0 unspecified atom stereocenters. The second kappa shape index (κ2) is 6.61. The lowest BCUT2D eigenvalue weighted by molar-refractivity contribution is -0.130. The van der Waals surface area contributed by atoms with Crippen molar-refractivity contribution in [2.24, 2.45) is 11.3 Å².